The summed E-state index contributed by atoms with van der Waals surface area (Å²) < 4.78 is 39.8. The lowest BCUT2D eigenvalue weighted by Gasteiger charge is -2.21. The van der Waals surface area contributed by atoms with Crippen LogP contribution in [0.4, 0.5) is 0 Å². The first-order valence-corrected chi connectivity index (χ1v) is 10.1. The second-order valence-corrected chi connectivity index (χ2v) is 8.23. The molecule has 0 saturated carbocycles. The largest absolute Gasteiger partial charge is 0.497 e. The van der Waals surface area contributed by atoms with Gasteiger partial charge in [-0.15, -0.1) is 0 Å². The molecule has 0 amide bonds. The minimum atomic E-state index is -3.77. The van der Waals surface area contributed by atoms with Crippen molar-refractivity contribution in [3.05, 3.63) is 72.2 Å². The SMILES string of the molecule is COc1ccc(CN(Cc2ccc(OC)cc2)S(=O)(=O)c2cn(C)cn2)cc1. The van der Waals surface area contributed by atoms with Crippen LogP contribution in [-0.2, 0) is 30.2 Å². The molecule has 28 heavy (non-hydrogen) atoms. The summed E-state index contributed by atoms with van der Waals surface area (Å²) >= 11 is 0. The van der Waals surface area contributed by atoms with Crippen molar-refractivity contribution >= 4 is 10.0 Å². The molecule has 1 heterocycles. The van der Waals surface area contributed by atoms with Gasteiger partial charge < -0.3 is 14.0 Å². The lowest BCUT2D eigenvalue weighted by molar-refractivity contribution is 0.396. The van der Waals surface area contributed by atoms with Crippen molar-refractivity contribution in [3.63, 3.8) is 0 Å². The molecule has 0 bridgehead atoms. The van der Waals surface area contributed by atoms with Gasteiger partial charge >= 0.3 is 0 Å². The monoisotopic (exact) mass is 401 g/mol. The van der Waals surface area contributed by atoms with Crippen LogP contribution in [-0.4, -0.2) is 36.5 Å². The third kappa shape index (κ3) is 4.52. The van der Waals surface area contributed by atoms with Crippen molar-refractivity contribution in [2.75, 3.05) is 14.2 Å². The van der Waals surface area contributed by atoms with Gasteiger partial charge in [-0.05, 0) is 35.4 Å². The summed E-state index contributed by atoms with van der Waals surface area (Å²) in [4.78, 5) is 4.04. The number of methoxy groups -OCH3 is 2. The molecule has 0 spiro atoms. The number of hydrogen-bond donors (Lipinski definition) is 0. The molecular formula is C20H23N3O4S. The molecule has 0 radical (unpaired) electrons. The van der Waals surface area contributed by atoms with Crippen molar-refractivity contribution in [1.82, 2.24) is 13.9 Å². The normalized spacial score (nSPS) is 11.6. The van der Waals surface area contributed by atoms with E-state index in [9.17, 15) is 8.42 Å². The third-order valence-electron chi connectivity index (χ3n) is 4.32. The first-order chi connectivity index (χ1) is 13.4. The van der Waals surface area contributed by atoms with Crippen molar-refractivity contribution in [2.24, 2.45) is 7.05 Å². The molecule has 0 unspecified atom stereocenters. The molecule has 0 aliphatic rings. The van der Waals surface area contributed by atoms with E-state index in [1.165, 1.54) is 16.8 Å². The minimum absolute atomic E-state index is 0.0250. The lowest BCUT2D eigenvalue weighted by Crippen LogP contribution is -2.30. The number of aryl methyl sites for hydroxylation is 1. The Kier molecular flexibility index (Phi) is 6.01. The van der Waals surface area contributed by atoms with Gasteiger partial charge in [-0.25, -0.2) is 13.4 Å². The van der Waals surface area contributed by atoms with E-state index in [2.05, 4.69) is 4.98 Å². The first-order valence-electron chi connectivity index (χ1n) is 8.66. The van der Waals surface area contributed by atoms with Crippen LogP contribution < -0.4 is 9.47 Å². The van der Waals surface area contributed by atoms with E-state index in [-0.39, 0.29) is 18.1 Å². The number of imidazole rings is 1. The quantitative estimate of drug-likeness (QED) is 0.580. The van der Waals surface area contributed by atoms with E-state index >= 15 is 0 Å². The predicted molar refractivity (Wildman–Crippen MR) is 106 cm³/mol. The summed E-state index contributed by atoms with van der Waals surface area (Å²) in [5.74, 6) is 1.44. The highest BCUT2D eigenvalue weighted by atomic mass is 32.2. The van der Waals surface area contributed by atoms with E-state index < -0.39 is 10.0 Å². The van der Waals surface area contributed by atoms with E-state index in [0.29, 0.717) is 0 Å². The third-order valence-corrected chi connectivity index (χ3v) is 6.00. The highest BCUT2D eigenvalue weighted by molar-refractivity contribution is 7.89. The molecule has 1 aromatic heterocycles. The fraction of sp³-hybridized carbons (Fsp3) is 0.250. The number of sulfonamides is 1. The zero-order valence-electron chi connectivity index (χ0n) is 16.1. The van der Waals surface area contributed by atoms with Crippen LogP contribution in [0.3, 0.4) is 0 Å². The zero-order valence-corrected chi connectivity index (χ0v) is 16.9. The molecule has 0 fully saturated rings. The van der Waals surface area contributed by atoms with E-state index in [4.69, 9.17) is 9.47 Å². The van der Waals surface area contributed by atoms with Gasteiger partial charge in [0, 0.05) is 26.3 Å². The maximum absolute atomic E-state index is 13.2. The average Bonchev–Trinajstić information content (AvgIpc) is 3.16. The molecular weight excluding hydrogens is 378 g/mol. The van der Waals surface area contributed by atoms with Crippen molar-refractivity contribution < 1.29 is 17.9 Å². The first kappa shape index (κ1) is 19.9. The Labute approximate surface area is 165 Å². The van der Waals surface area contributed by atoms with Crippen LogP contribution in [0.5, 0.6) is 11.5 Å². The summed E-state index contributed by atoms with van der Waals surface area (Å²) in [6.45, 7) is 0.434. The smallest absolute Gasteiger partial charge is 0.262 e. The van der Waals surface area contributed by atoms with Crippen molar-refractivity contribution in [1.29, 1.82) is 0 Å². The highest BCUT2D eigenvalue weighted by Gasteiger charge is 2.27. The van der Waals surface area contributed by atoms with Gasteiger partial charge in [-0.2, -0.15) is 4.31 Å². The van der Waals surface area contributed by atoms with E-state index in [1.807, 2.05) is 48.5 Å². The fourth-order valence-electron chi connectivity index (χ4n) is 2.75. The van der Waals surface area contributed by atoms with Crippen LogP contribution in [0.15, 0.2) is 66.1 Å². The molecule has 148 valence electrons. The summed E-state index contributed by atoms with van der Waals surface area (Å²) in [6.07, 6.45) is 2.98. The van der Waals surface area contributed by atoms with Crippen LogP contribution in [0.1, 0.15) is 11.1 Å². The summed E-state index contributed by atoms with van der Waals surface area (Å²) in [6, 6.07) is 14.7. The second kappa shape index (κ2) is 8.45. The number of benzene rings is 2. The fourth-order valence-corrected chi connectivity index (χ4v) is 4.13. The predicted octanol–water partition coefficient (Wildman–Crippen LogP) is 2.83. The van der Waals surface area contributed by atoms with Gasteiger partial charge in [0.25, 0.3) is 10.0 Å². The van der Waals surface area contributed by atoms with Crippen LogP contribution in [0.2, 0.25) is 0 Å². The van der Waals surface area contributed by atoms with Gasteiger partial charge in [0.05, 0.1) is 20.5 Å². The molecule has 0 aliphatic heterocycles. The molecule has 8 heteroatoms. The Morgan fingerprint density at radius 3 is 1.71 bits per heavy atom. The Morgan fingerprint density at radius 1 is 0.893 bits per heavy atom. The number of ether oxygens (including phenoxy) is 2. The van der Waals surface area contributed by atoms with Gasteiger partial charge in [-0.1, -0.05) is 24.3 Å². The molecule has 0 atom stereocenters. The number of nitrogens with zero attached hydrogens (tertiary/aromatic N) is 3. The van der Waals surface area contributed by atoms with Gasteiger partial charge in [0.2, 0.25) is 0 Å². The van der Waals surface area contributed by atoms with E-state index in [0.717, 1.165) is 22.6 Å². The van der Waals surface area contributed by atoms with Gasteiger partial charge in [0.15, 0.2) is 5.03 Å². The summed E-state index contributed by atoms with van der Waals surface area (Å²) in [5.41, 5.74) is 1.71. The maximum atomic E-state index is 13.2. The number of aromatic nitrogens is 2. The number of rotatable bonds is 8. The molecule has 0 aliphatic carbocycles. The lowest BCUT2D eigenvalue weighted by atomic mass is 10.2. The molecule has 3 rings (SSSR count). The average molecular weight is 401 g/mol. The highest BCUT2D eigenvalue weighted by Crippen LogP contribution is 2.22. The molecule has 0 saturated heterocycles. The number of hydrogen-bond acceptors (Lipinski definition) is 5. The van der Waals surface area contributed by atoms with Crippen LogP contribution in [0, 0.1) is 0 Å². The molecule has 0 N–H and O–H groups in total. The Bertz CT molecular complexity index is 963. The van der Waals surface area contributed by atoms with Gasteiger partial charge in [-0.3, -0.25) is 0 Å². The topological polar surface area (TPSA) is 73.7 Å². The zero-order chi connectivity index (χ0) is 20.1. The Morgan fingerprint density at radius 2 is 1.36 bits per heavy atom. The minimum Gasteiger partial charge on any atom is -0.497 e. The Balaban J connectivity index is 1.91. The molecule has 7 nitrogen and oxygen atoms in total. The van der Waals surface area contributed by atoms with E-state index in [1.54, 1.807) is 25.8 Å². The molecule has 2 aromatic carbocycles. The summed E-state index contributed by atoms with van der Waals surface area (Å²) in [7, 11) is 1.16. The summed E-state index contributed by atoms with van der Waals surface area (Å²) in [5, 5.41) is 0.0250. The van der Waals surface area contributed by atoms with Gasteiger partial charge in [0.1, 0.15) is 11.5 Å². The van der Waals surface area contributed by atoms with Crippen molar-refractivity contribution in [2.45, 2.75) is 18.1 Å². The molecule has 3 aromatic rings. The Hall–Kier alpha value is -2.84. The van der Waals surface area contributed by atoms with Crippen molar-refractivity contribution in [3.8, 4) is 11.5 Å². The van der Waals surface area contributed by atoms with Crippen LogP contribution in [0.25, 0.3) is 0 Å². The second-order valence-electron chi connectivity index (χ2n) is 6.35. The standard InChI is InChI=1S/C20H23N3O4S/c1-22-14-20(21-15-22)28(24,25)23(12-16-4-8-18(26-2)9-5-16)13-17-6-10-19(27-3)11-7-17/h4-11,14-15H,12-13H2,1-3H3. The maximum Gasteiger partial charge on any atom is 0.262 e. The van der Waals surface area contributed by atoms with Crippen LogP contribution >= 0.6 is 0 Å².